The molecule has 3 aromatic rings. The monoisotopic (exact) mass is 404 g/mol. The molecule has 1 aliphatic heterocycles. The molecule has 0 saturated carbocycles. The van der Waals surface area contributed by atoms with E-state index in [4.69, 9.17) is 4.42 Å². The SMILES string of the molecule is Cc1cccc(NC(=O)C(=O)NC[C@@H](c2ccco2)[NH+]2CCc3ccccc3C2)c1. The molecular weight excluding hydrogens is 378 g/mol. The minimum atomic E-state index is -0.669. The number of carbonyl (C=O) groups excluding carboxylic acids is 2. The summed E-state index contributed by atoms with van der Waals surface area (Å²) in [6.45, 7) is 4.05. The number of fused-ring (bicyclic) bond motifs is 1. The van der Waals surface area contributed by atoms with Gasteiger partial charge in [-0.15, -0.1) is 0 Å². The van der Waals surface area contributed by atoms with Gasteiger partial charge in [0.25, 0.3) is 0 Å². The Bertz CT molecular complexity index is 1030. The second-order valence-electron chi connectivity index (χ2n) is 7.71. The number of nitrogens with one attached hydrogen (secondary N) is 3. The van der Waals surface area contributed by atoms with Gasteiger partial charge in [-0.2, -0.15) is 0 Å². The molecule has 0 bridgehead atoms. The van der Waals surface area contributed by atoms with E-state index in [-0.39, 0.29) is 6.04 Å². The van der Waals surface area contributed by atoms with Crippen molar-refractivity contribution in [2.75, 3.05) is 18.4 Å². The normalized spacial score (nSPS) is 16.4. The molecule has 1 unspecified atom stereocenters. The molecule has 0 fully saturated rings. The van der Waals surface area contributed by atoms with Gasteiger partial charge in [0.15, 0.2) is 11.8 Å². The first-order chi connectivity index (χ1) is 14.6. The lowest BCUT2D eigenvalue weighted by Crippen LogP contribution is -3.12. The molecule has 0 radical (unpaired) electrons. The Hall–Kier alpha value is -3.38. The van der Waals surface area contributed by atoms with Gasteiger partial charge in [-0.05, 0) is 42.3 Å². The zero-order valence-electron chi connectivity index (χ0n) is 17.0. The molecule has 30 heavy (non-hydrogen) atoms. The van der Waals surface area contributed by atoms with E-state index >= 15 is 0 Å². The van der Waals surface area contributed by atoms with Crippen molar-refractivity contribution in [3.05, 3.63) is 89.4 Å². The van der Waals surface area contributed by atoms with Crippen LogP contribution in [0.25, 0.3) is 0 Å². The van der Waals surface area contributed by atoms with Crippen molar-refractivity contribution in [3.63, 3.8) is 0 Å². The first-order valence-electron chi connectivity index (χ1n) is 10.2. The summed E-state index contributed by atoms with van der Waals surface area (Å²) in [5.74, 6) is -0.508. The van der Waals surface area contributed by atoms with Crippen LogP contribution in [-0.2, 0) is 22.6 Å². The third kappa shape index (κ3) is 4.60. The van der Waals surface area contributed by atoms with E-state index in [0.29, 0.717) is 12.2 Å². The van der Waals surface area contributed by atoms with Crippen molar-refractivity contribution >= 4 is 17.5 Å². The van der Waals surface area contributed by atoms with Gasteiger partial charge in [0.2, 0.25) is 0 Å². The van der Waals surface area contributed by atoms with Crippen LogP contribution < -0.4 is 15.5 Å². The van der Waals surface area contributed by atoms with Crippen LogP contribution in [0.3, 0.4) is 0 Å². The van der Waals surface area contributed by atoms with Gasteiger partial charge in [0, 0.05) is 17.7 Å². The summed E-state index contributed by atoms with van der Waals surface area (Å²) in [6.07, 6.45) is 2.62. The van der Waals surface area contributed by atoms with Crippen LogP contribution in [-0.4, -0.2) is 24.9 Å². The second kappa shape index (κ2) is 8.97. The maximum absolute atomic E-state index is 12.4. The number of hydrogen-bond donors (Lipinski definition) is 3. The van der Waals surface area contributed by atoms with Crippen LogP contribution in [0.15, 0.2) is 71.3 Å². The highest BCUT2D eigenvalue weighted by Gasteiger charge is 2.31. The van der Waals surface area contributed by atoms with Gasteiger partial charge >= 0.3 is 11.8 Å². The summed E-state index contributed by atoms with van der Waals surface area (Å²) < 4.78 is 5.67. The summed E-state index contributed by atoms with van der Waals surface area (Å²) in [5, 5.41) is 5.45. The smallest absolute Gasteiger partial charge is 0.313 e. The highest BCUT2D eigenvalue weighted by molar-refractivity contribution is 6.39. The average molecular weight is 404 g/mol. The van der Waals surface area contributed by atoms with Crippen LogP contribution >= 0.6 is 0 Å². The predicted octanol–water partition coefficient (Wildman–Crippen LogP) is 2.03. The van der Waals surface area contributed by atoms with Crippen LogP contribution in [0.4, 0.5) is 5.69 Å². The minimum Gasteiger partial charge on any atom is -0.463 e. The second-order valence-corrected chi connectivity index (χ2v) is 7.71. The number of benzene rings is 2. The molecule has 2 heterocycles. The van der Waals surface area contributed by atoms with E-state index in [1.54, 1.807) is 12.3 Å². The number of aryl methyl sites for hydroxylation is 1. The fourth-order valence-electron chi connectivity index (χ4n) is 4.02. The molecule has 2 aromatic carbocycles. The van der Waals surface area contributed by atoms with E-state index < -0.39 is 11.8 Å². The zero-order valence-corrected chi connectivity index (χ0v) is 17.0. The minimum absolute atomic E-state index is 0.0657. The lowest BCUT2D eigenvalue weighted by molar-refractivity contribution is -0.946. The molecular formula is C24H26N3O3+. The van der Waals surface area contributed by atoms with E-state index in [1.807, 2.05) is 37.3 Å². The summed E-state index contributed by atoms with van der Waals surface area (Å²) in [6, 6.07) is 19.5. The molecule has 0 saturated heterocycles. The van der Waals surface area contributed by atoms with Gasteiger partial charge in [-0.3, -0.25) is 9.59 Å². The Morgan fingerprint density at radius 3 is 2.63 bits per heavy atom. The molecule has 0 spiro atoms. The third-order valence-corrected chi connectivity index (χ3v) is 5.58. The Kier molecular flexibility index (Phi) is 5.95. The molecule has 1 aliphatic rings. The summed E-state index contributed by atoms with van der Waals surface area (Å²) in [4.78, 5) is 26.0. The first-order valence-corrected chi connectivity index (χ1v) is 10.2. The number of quaternary nitrogens is 1. The summed E-state index contributed by atoms with van der Waals surface area (Å²) in [5.41, 5.74) is 4.32. The Balaban J connectivity index is 1.42. The molecule has 4 rings (SSSR count). The van der Waals surface area contributed by atoms with E-state index in [2.05, 4.69) is 34.9 Å². The molecule has 6 heteroatoms. The molecule has 2 atom stereocenters. The average Bonchev–Trinajstić information content (AvgIpc) is 3.28. The number of rotatable bonds is 5. The number of carbonyl (C=O) groups is 2. The molecule has 6 nitrogen and oxygen atoms in total. The predicted molar refractivity (Wildman–Crippen MR) is 114 cm³/mol. The first kappa shape index (κ1) is 19.9. The Morgan fingerprint density at radius 2 is 1.87 bits per heavy atom. The molecule has 2 amide bonds. The Labute approximate surface area is 175 Å². The Morgan fingerprint density at radius 1 is 1.03 bits per heavy atom. The topological polar surface area (TPSA) is 75.8 Å². The largest absolute Gasteiger partial charge is 0.463 e. The fraction of sp³-hybridized carbons (Fsp3) is 0.250. The van der Waals surface area contributed by atoms with Gasteiger partial charge < -0.3 is 20.0 Å². The zero-order chi connectivity index (χ0) is 20.9. The summed E-state index contributed by atoms with van der Waals surface area (Å²) in [7, 11) is 0. The van der Waals surface area contributed by atoms with Crippen LogP contribution in [0.1, 0.15) is 28.5 Å². The van der Waals surface area contributed by atoms with Crippen molar-refractivity contribution in [1.82, 2.24) is 5.32 Å². The fourth-order valence-corrected chi connectivity index (χ4v) is 4.02. The maximum atomic E-state index is 12.4. The molecule has 0 aliphatic carbocycles. The quantitative estimate of drug-likeness (QED) is 0.570. The van der Waals surface area contributed by atoms with Crippen molar-refractivity contribution in [2.45, 2.75) is 25.9 Å². The highest BCUT2D eigenvalue weighted by atomic mass is 16.3. The number of hydrogen-bond acceptors (Lipinski definition) is 3. The molecule has 1 aromatic heterocycles. The lowest BCUT2D eigenvalue weighted by atomic mass is 9.98. The van der Waals surface area contributed by atoms with Crippen LogP contribution in [0, 0.1) is 6.92 Å². The van der Waals surface area contributed by atoms with E-state index in [1.165, 1.54) is 16.0 Å². The van der Waals surface area contributed by atoms with E-state index in [0.717, 1.165) is 30.8 Å². The number of anilines is 1. The lowest BCUT2D eigenvalue weighted by Gasteiger charge is -2.31. The van der Waals surface area contributed by atoms with Crippen molar-refractivity contribution in [1.29, 1.82) is 0 Å². The van der Waals surface area contributed by atoms with Gasteiger partial charge in [-0.25, -0.2) is 0 Å². The molecule has 3 N–H and O–H groups in total. The maximum Gasteiger partial charge on any atom is 0.313 e. The number of amides is 2. The highest BCUT2D eigenvalue weighted by Crippen LogP contribution is 2.15. The number of furan rings is 1. The van der Waals surface area contributed by atoms with Crippen LogP contribution in [0.2, 0.25) is 0 Å². The van der Waals surface area contributed by atoms with Gasteiger partial charge in [0.05, 0.1) is 19.4 Å². The van der Waals surface area contributed by atoms with Crippen molar-refractivity contribution in [2.24, 2.45) is 0 Å². The van der Waals surface area contributed by atoms with Crippen molar-refractivity contribution < 1.29 is 18.9 Å². The third-order valence-electron chi connectivity index (χ3n) is 5.58. The van der Waals surface area contributed by atoms with Crippen LogP contribution in [0.5, 0.6) is 0 Å². The summed E-state index contributed by atoms with van der Waals surface area (Å²) >= 11 is 0. The van der Waals surface area contributed by atoms with Gasteiger partial charge in [0.1, 0.15) is 6.54 Å². The standard InChI is InChI=1S/C24H25N3O3/c1-17-6-4-9-20(14-17)26-24(29)23(28)25-15-21(22-10-5-13-30-22)27-12-11-18-7-2-3-8-19(18)16-27/h2-10,13-14,21H,11-12,15-16H2,1H3,(H,25,28)(H,26,29)/p+1/t21-/m0/s1. The van der Waals surface area contributed by atoms with E-state index in [9.17, 15) is 9.59 Å². The molecule has 154 valence electrons. The van der Waals surface area contributed by atoms with Crippen molar-refractivity contribution in [3.8, 4) is 0 Å². The van der Waals surface area contributed by atoms with Gasteiger partial charge in [-0.1, -0.05) is 36.4 Å².